The van der Waals surface area contributed by atoms with Gasteiger partial charge in [-0.3, -0.25) is 9.69 Å². The van der Waals surface area contributed by atoms with Crippen molar-refractivity contribution < 1.29 is 23.1 Å². The predicted octanol–water partition coefficient (Wildman–Crippen LogP) is 4.46. The summed E-state index contributed by atoms with van der Waals surface area (Å²) in [6.45, 7) is 2.15. The highest BCUT2D eigenvalue weighted by molar-refractivity contribution is 5.91. The van der Waals surface area contributed by atoms with Gasteiger partial charge in [0, 0.05) is 30.7 Å². The number of methoxy groups -OCH3 is 2. The lowest BCUT2D eigenvalue weighted by molar-refractivity contribution is -0.0125. The number of hydrogen-bond acceptors (Lipinski definition) is 5. The van der Waals surface area contributed by atoms with Crippen LogP contribution in [0.4, 0.5) is 4.39 Å². The van der Waals surface area contributed by atoms with Crippen molar-refractivity contribution in [1.82, 2.24) is 10.2 Å². The van der Waals surface area contributed by atoms with E-state index in [0.717, 1.165) is 31.5 Å². The highest BCUT2D eigenvalue weighted by atomic mass is 19.1. The van der Waals surface area contributed by atoms with Crippen molar-refractivity contribution in [2.45, 2.75) is 36.9 Å². The smallest absolute Gasteiger partial charge is 0.287 e. The first-order valence-electron chi connectivity index (χ1n) is 11.6. The van der Waals surface area contributed by atoms with Gasteiger partial charge >= 0.3 is 0 Å². The Bertz CT molecular complexity index is 1160. The number of furan rings is 1. The monoisotopic (exact) mass is 464 g/mol. The summed E-state index contributed by atoms with van der Waals surface area (Å²) in [5, 5.41) is 3.15. The molecule has 2 aliphatic rings. The number of nitrogens with one attached hydrogen (secondary N) is 1. The average Bonchev–Trinajstić information content (AvgIpc) is 3.48. The Hall–Kier alpha value is -3.16. The number of carbonyl (C=O) groups excluding carboxylic acids is 1. The minimum absolute atomic E-state index is 0.205. The molecule has 0 radical (unpaired) electrons. The van der Waals surface area contributed by atoms with Crippen LogP contribution in [0.2, 0.25) is 0 Å². The number of hydrogen-bond donors (Lipinski definition) is 1. The SMILES string of the molecule is COc1ccc(CN2CCC3(CC2)c2ccccc2[C@@H](NC(=O)c2ccco2)[C@@H]3OC)c(F)c1. The molecule has 1 spiro atoms. The number of likely N-dealkylation sites (tertiary alicyclic amines) is 1. The Morgan fingerprint density at radius 3 is 2.62 bits per heavy atom. The van der Waals surface area contributed by atoms with Crippen molar-refractivity contribution >= 4 is 5.91 Å². The number of rotatable bonds is 6. The van der Waals surface area contributed by atoms with Crippen molar-refractivity contribution in [3.63, 3.8) is 0 Å². The standard InChI is InChI=1S/C27H29FN2O4/c1-32-19-10-9-18(22(28)16-19)17-30-13-11-27(12-14-30)21-7-4-3-6-20(21)24(25(27)33-2)29-26(31)23-8-5-15-34-23/h3-10,15-16,24-25H,11-14,17H2,1-2H3,(H,29,31)/t24-,25+/m1/s1. The Labute approximate surface area is 198 Å². The second-order valence-electron chi connectivity index (χ2n) is 9.06. The normalized spacial score (nSPS) is 21.4. The zero-order valence-corrected chi connectivity index (χ0v) is 19.4. The van der Waals surface area contributed by atoms with E-state index in [-0.39, 0.29) is 35.0 Å². The van der Waals surface area contributed by atoms with Gasteiger partial charge in [-0.05, 0) is 55.3 Å². The van der Waals surface area contributed by atoms with Crippen LogP contribution in [0.1, 0.15) is 46.1 Å². The fourth-order valence-corrected chi connectivity index (χ4v) is 5.68. The average molecular weight is 465 g/mol. The molecular weight excluding hydrogens is 435 g/mol. The fourth-order valence-electron chi connectivity index (χ4n) is 5.68. The summed E-state index contributed by atoms with van der Waals surface area (Å²) in [4.78, 5) is 15.1. The van der Waals surface area contributed by atoms with Gasteiger partial charge in [0.25, 0.3) is 5.91 Å². The van der Waals surface area contributed by atoms with Gasteiger partial charge in [-0.1, -0.05) is 30.3 Å². The molecule has 1 amide bonds. The summed E-state index contributed by atoms with van der Waals surface area (Å²) in [7, 11) is 3.25. The zero-order valence-electron chi connectivity index (χ0n) is 19.4. The lowest BCUT2D eigenvalue weighted by Gasteiger charge is -2.44. The number of nitrogens with zero attached hydrogens (tertiary/aromatic N) is 1. The molecule has 1 saturated heterocycles. The summed E-state index contributed by atoms with van der Waals surface area (Å²) in [6, 6.07) is 16.4. The summed E-state index contributed by atoms with van der Waals surface area (Å²) < 4.78 is 31.0. The first-order chi connectivity index (χ1) is 16.6. The maximum absolute atomic E-state index is 14.5. The van der Waals surface area contributed by atoms with Crippen LogP contribution in [-0.2, 0) is 16.7 Å². The minimum atomic E-state index is -0.274. The molecule has 0 unspecified atom stereocenters. The van der Waals surface area contributed by atoms with Gasteiger partial charge in [-0.15, -0.1) is 0 Å². The molecule has 178 valence electrons. The molecule has 7 heteroatoms. The van der Waals surface area contributed by atoms with E-state index in [2.05, 4.69) is 22.3 Å². The van der Waals surface area contributed by atoms with E-state index in [1.165, 1.54) is 25.0 Å². The van der Waals surface area contributed by atoms with Crippen LogP contribution in [0.3, 0.4) is 0 Å². The van der Waals surface area contributed by atoms with E-state index in [0.29, 0.717) is 17.9 Å². The number of halogens is 1. The number of fused-ring (bicyclic) bond motifs is 2. The van der Waals surface area contributed by atoms with Crippen molar-refractivity contribution in [3.8, 4) is 5.75 Å². The van der Waals surface area contributed by atoms with Crippen LogP contribution in [0.15, 0.2) is 65.3 Å². The molecule has 1 fully saturated rings. The Balaban J connectivity index is 1.36. The summed E-state index contributed by atoms with van der Waals surface area (Å²) in [5.41, 5.74) is 2.75. The molecule has 2 aromatic carbocycles. The van der Waals surface area contributed by atoms with E-state index in [9.17, 15) is 9.18 Å². The maximum Gasteiger partial charge on any atom is 0.287 e. The molecule has 6 nitrogen and oxygen atoms in total. The summed E-state index contributed by atoms with van der Waals surface area (Å²) in [5.74, 6) is 0.300. The third-order valence-corrected chi connectivity index (χ3v) is 7.37. The molecule has 2 heterocycles. The minimum Gasteiger partial charge on any atom is -0.497 e. The van der Waals surface area contributed by atoms with Crippen molar-refractivity contribution in [3.05, 3.63) is 89.1 Å². The largest absolute Gasteiger partial charge is 0.497 e. The molecule has 1 aliphatic heterocycles. The van der Waals surface area contributed by atoms with Crippen LogP contribution >= 0.6 is 0 Å². The Morgan fingerprint density at radius 1 is 1.15 bits per heavy atom. The topological polar surface area (TPSA) is 63.9 Å². The molecule has 0 bridgehead atoms. The Morgan fingerprint density at radius 2 is 1.94 bits per heavy atom. The highest BCUT2D eigenvalue weighted by Gasteiger charge is 2.54. The predicted molar refractivity (Wildman–Crippen MR) is 125 cm³/mol. The molecule has 1 aliphatic carbocycles. The highest BCUT2D eigenvalue weighted by Crippen LogP contribution is 2.52. The van der Waals surface area contributed by atoms with Crippen molar-refractivity contribution in [1.29, 1.82) is 0 Å². The van der Waals surface area contributed by atoms with E-state index in [1.807, 2.05) is 12.1 Å². The molecule has 3 aromatic rings. The number of piperidine rings is 1. The van der Waals surface area contributed by atoms with Crippen LogP contribution in [0.5, 0.6) is 5.75 Å². The van der Waals surface area contributed by atoms with Gasteiger partial charge < -0.3 is 19.2 Å². The van der Waals surface area contributed by atoms with Gasteiger partial charge in [-0.2, -0.15) is 0 Å². The van der Waals surface area contributed by atoms with E-state index in [1.54, 1.807) is 31.4 Å². The summed E-state index contributed by atoms with van der Waals surface area (Å²) in [6.07, 6.45) is 3.00. The number of benzene rings is 2. The first kappa shape index (κ1) is 22.6. The molecular formula is C27H29FN2O4. The van der Waals surface area contributed by atoms with Gasteiger partial charge in [0.1, 0.15) is 11.6 Å². The Kier molecular flexibility index (Phi) is 6.15. The van der Waals surface area contributed by atoms with Crippen LogP contribution in [0, 0.1) is 5.82 Å². The lowest BCUT2D eigenvalue weighted by atomic mass is 9.72. The third-order valence-electron chi connectivity index (χ3n) is 7.37. The second-order valence-corrected chi connectivity index (χ2v) is 9.06. The molecule has 0 saturated carbocycles. The second kappa shape index (κ2) is 9.24. The van der Waals surface area contributed by atoms with Crippen LogP contribution in [0.25, 0.3) is 0 Å². The molecule has 34 heavy (non-hydrogen) atoms. The van der Waals surface area contributed by atoms with E-state index < -0.39 is 0 Å². The molecule has 5 rings (SSSR count). The zero-order chi connectivity index (χ0) is 23.7. The molecule has 1 N–H and O–H groups in total. The number of carbonyl (C=O) groups is 1. The van der Waals surface area contributed by atoms with Crippen LogP contribution in [-0.4, -0.2) is 44.2 Å². The third kappa shape index (κ3) is 3.89. The summed E-state index contributed by atoms with van der Waals surface area (Å²) >= 11 is 0. The van der Waals surface area contributed by atoms with Gasteiger partial charge in [0.15, 0.2) is 5.76 Å². The maximum atomic E-state index is 14.5. The lowest BCUT2D eigenvalue weighted by Crippen LogP contribution is -2.50. The fraction of sp³-hybridized carbons (Fsp3) is 0.370. The number of ether oxygens (including phenoxy) is 2. The van der Waals surface area contributed by atoms with Gasteiger partial charge in [-0.25, -0.2) is 4.39 Å². The van der Waals surface area contributed by atoms with Gasteiger partial charge in [0.2, 0.25) is 0 Å². The van der Waals surface area contributed by atoms with Crippen LogP contribution < -0.4 is 10.1 Å². The van der Waals surface area contributed by atoms with E-state index >= 15 is 0 Å². The number of amides is 1. The first-order valence-corrected chi connectivity index (χ1v) is 11.6. The van der Waals surface area contributed by atoms with Gasteiger partial charge in [0.05, 0.1) is 25.5 Å². The van der Waals surface area contributed by atoms with E-state index in [4.69, 9.17) is 13.9 Å². The van der Waals surface area contributed by atoms with Crippen molar-refractivity contribution in [2.75, 3.05) is 27.3 Å². The van der Waals surface area contributed by atoms with Crippen molar-refractivity contribution in [2.24, 2.45) is 0 Å². The molecule has 2 atom stereocenters. The molecule has 1 aromatic heterocycles. The quantitative estimate of drug-likeness (QED) is 0.584.